The normalized spacial score (nSPS) is 9.14. The maximum atomic E-state index is 5.61. The summed E-state index contributed by atoms with van der Waals surface area (Å²) in [6.45, 7) is 1.59. The quantitative estimate of drug-likeness (QED) is 0.871. The molecule has 0 unspecified atom stereocenters. The summed E-state index contributed by atoms with van der Waals surface area (Å²) in [6.07, 6.45) is 0. The molecule has 2 N–H and O–H groups in total. The molecule has 0 aliphatic rings. The highest BCUT2D eigenvalue weighted by Crippen LogP contribution is 2.08. The Balaban J connectivity index is 0. The van der Waals surface area contributed by atoms with Crippen LogP contribution < -0.4 is 5.73 Å². The molecule has 1 aromatic rings. The predicted molar refractivity (Wildman–Crippen MR) is 66.2 cm³/mol. The lowest BCUT2D eigenvalue weighted by atomic mass is 10.1. The van der Waals surface area contributed by atoms with E-state index >= 15 is 0 Å². The highest BCUT2D eigenvalue weighted by Gasteiger charge is 1.99. The molecular weight excluding hydrogens is 219 g/mol. The second-order valence-electron chi connectivity index (χ2n) is 3.21. The minimum absolute atomic E-state index is 0. The molecule has 0 saturated heterocycles. The van der Waals surface area contributed by atoms with E-state index in [4.69, 9.17) is 5.73 Å². The first-order valence-electron chi connectivity index (χ1n) is 4.15. The lowest BCUT2D eigenvalue weighted by molar-refractivity contribution is 0.401. The first kappa shape index (κ1) is 16.2. The third kappa shape index (κ3) is 4.82. The van der Waals surface area contributed by atoms with Gasteiger partial charge in [0, 0.05) is 13.1 Å². The summed E-state index contributed by atoms with van der Waals surface area (Å²) in [5.41, 5.74) is 8.17. The summed E-state index contributed by atoms with van der Waals surface area (Å²) in [7, 11) is 4.13. The summed E-state index contributed by atoms with van der Waals surface area (Å²) in [5, 5.41) is 0. The minimum atomic E-state index is 0. The smallest absolute Gasteiger partial charge is 0.0230 e. The molecule has 0 bridgehead atoms. The highest BCUT2D eigenvalue weighted by atomic mass is 35.5. The van der Waals surface area contributed by atoms with E-state index in [1.165, 1.54) is 11.1 Å². The molecule has 1 rings (SSSR count). The number of benzene rings is 1. The molecule has 0 spiro atoms. The number of hydrogen-bond acceptors (Lipinski definition) is 2. The Bertz CT molecular complexity index is 252. The van der Waals surface area contributed by atoms with E-state index in [1.54, 1.807) is 0 Å². The SMILES string of the molecule is CN(C)Cc1ccccc1CN.Cl.Cl. The number of nitrogens with two attached hydrogens (primary N) is 1. The Morgan fingerprint density at radius 3 is 2.00 bits per heavy atom. The fraction of sp³-hybridized carbons (Fsp3) is 0.400. The van der Waals surface area contributed by atoms with Gasteiger partial charge in [0.15, 0.2) is 0 Å². The van der Waals surface area contributed by atoms with Crippen molar-refractivity contribution in [1.82, 2.24) is 4.90 Å². The lowest BCUT2D eigenvalue weighted by Crippen LogP contribution is -2.13. The zero-order chi connectivity index (χ0) is 8.97. The third-order valence-electron chi connectivity index (χ3n) is 1.82. The van der Waals surface area contributed by atoms with Gasteiger partial charge in [-0.15, -0.1) is 24.8 Å². The van der Waals surface area contributed by atoms with Crippen molar-refractivity contribution >= 4 is 24.8 Å². The van der Waals surface area contributed by atoms with Gasteiger partial charge >= 0.3 is 0 Å². The van der Waals surface area contributed by atoms with Crippen molar-refractivity contribution in [3.8, 4) is 0 Å². The standard InChI is InChI=1S/C10H16N2.2ClH/c1-12(2)8-10-6-4-3-5-9(10)7-11;;/h3-6H,7-8,11H2,1-2H3;2*1H. The highest BCUT2D eigenvalue weighted by molar-refractivity contribution is 5.85. The Labute approximate surface area is 98.3 Å². The molecule has 82 valence electrons. The van der Waals surface area contributed by atoms with Crippen LogP contribution in [0.1, 0.15) is 11.1 Å². The topological polar surface area (TPSA) is 29.3 Å². The maximum absolute atomic E-state index is 5.61. The zero-order valence-electron chi connectivity index (χ0n) is 8.56. The van der Waals surface area contributed by atoms with Gasteiger partial charge in [0.1, 0.15) is 0 Å². The Morgan fingerprint density at radius 2 is 1.57 bits per heavy atom. The van der Waals surface area contributed by atoms with Crippen LogP contribution in [0.15, 0.2) is 24.3 Å². The van der Waals surface area contributed by atoms with Crippen LogP contribution in [0.2, 0.25) is 0 Å². The molecule has 0 amide bonds. The van der Waals surface area contributed by atoms with E-state index in [2.05, 4.69) is 37.2 Å². The fourth-order valence-electron chi connectivity index (χ4n) is 1.25. The van der Waals surface area contributed by atoms with Crippen molar-refractivity contribution < 1.29 is 0 Å². The van der Waals surface area contributed by atoms with Crippen molar-refractivity contribution in [3.63, 3.8) is 0 Å². The Morgan fingerprint density at radius 1 is 1.07 bits per heavy atom. The lowest BCUT2D eigenvalue weighted by Gasteiger charge is -2.12. The number of hydrogen-bond donors (Lipinski definition) is 1. The summed E-state index contributed by atoms with van der Waals surface area (Å²) in [4.78, 5) is 2.15. The molecule has 0 aliphatic heterocycles. The largest absolute Gasteiger partial charge is 0.326 e. The molecule has 0 saturated carbocycles. The summed E-state index contributed by atoms with van der Waals surface area (Å²) >= 11 is 0. The molecule has 0 heterocycles. The van der Waals surface area contributed by atoms with E-state index in [0.717, 1.165) is 6.54 Å². The maximum Gasteiger partial charge on any atom is 0.0230 e. The van der Waals surface area contributed by atoms with Gasteiger partial charge in [0.05, 0.1) is 0 Å². The van der Waals surface area contributed by atoms with Crippen molar-refractivity contribution in [1.29, 1.82) is 0 Å². The van der Waals surface area contributed by atoms with E-state index < -0.39 is 0 Å². The van der Waals surface area contributed by atoms with E-state index in [9.17, 15) is 0 Å². The molecule has 14 heavy (non-hydrogen) atoms. The van der Waals surface area contributed by atoms with Crippen molar-refractivity contribution in [2.45, 2.75) is 13.1 Å². The third-order valence-corrected chi connectivity index (χ3v) is 1.82. The van der Waals surface area contributed by atoms with Crippen LogP contribution in [0.25, 0.3) is 0 Å². The average Bonchev–Trinajstić information content (AvgIpc) is 2.04. The van der Waals surface area contributed by atoms with Crippen LogP contribution in [0, 0.1) is 0 Å². The molecular formula is C10H18Cl2N2. The predicted octanol–water partition coefficient (Wildman–Crippen LogP) is 2.05. The first-order valence-corrected chi connectivity index (χ1v) is 4.15. The first-order chi connectivity index (χ1) is 5.74. The van der Waals surface area contributed by atoms with Crippen molar-refractivity contribution in [2.24, 2.45) is 5.73 Å². The molecule has 0 fully saturated rings. The summed E-state index contributed by atoms with van der Waals surface area (Å²) < 4.78 is 0. The van der Waals surface area contributed by atoms with Crippen molar-refractivity contribution in [2.75, 3.05) is 14.1 Å². The van der Waals surface area contributed by atoms with Gasteiger partial charge in [-0.3, -0.25) is 0 Å². The number of rotatable bonds is 3. The van der Waals surface area contributed by atoms with E-state index in [1.807, 2.05) is 6.07 Å². The van der Waals surface area contributed by atoms with Gasteiger partial charge in [-0.2, -0.15) is 0 Å². The van der Waals surface area contributed by atoms with Crippen LogP contribution >= 0.6 is 24.8 Å². The van der Waals surface area contributed by atoms with Gasteiger partial charge in [-0.25, -0.2) is 0 Å². The molecule has 1 aromatic carbocycles. The number of halogens is 2. The van der Waals surface area contributed by atoms with E-state index in [0.29, 0.717) is 6.54 Å². The zero-order valence-corrected chi connectivity index (χ0v) is 10.2. The van der Waals surface area contributed by atoms with Gasteiger partial charge in [-0.1, -0.05) is 24.3 Å². The Kier molecular flexibility index (Phi) is 9.31. The van der Waals surface area contributed by atoms with Gasteiger partial charge in [0.25, 0.3) is 0 Å². The molecule has 0 atom stereocenters. The monoisotopic (exact) mass is 236 g/mol. The van der Waals surface area contributed by atoms with Crippen LogP contribution in [-0.4, -0.2) is 19.0 Å². The van der Waals surface area contributed by atoms with Crippen molar-refractivity contribution in [3.05, 3.63) is 35.4 Å². The van der Waals surface area contributed by atoms with Crippen LogP contribution in [-0.2, 0) is 13.1 Å². The second-order valence-corrected chi connectivity index (χ2v) is 3.21. The van der Waals surface area contributed by atoms with Crippen LogP contribution in [0.3, 0.4) is 0 Å². The van der Waals surface area contributed by atoms with E-state index in [-0.39, 0.29) is 24.8 Å². The van der Waals surface area contributed by atoms with Gasteiger partial charge < -0.3 is 10.6 Å². The van der Waals surface area contributed by atoms with Crippen LogP contribution in [0.5, 0.6) is 0 Å². The summed E-state index contributed by atoms with van der Waals surface area (Å²) in [5.74, 6) is 0. The average molecular weight is 237 g/mol. The molecule has 0 radical (unpaired) electrons. The Hall–Kier alpha value is -0.280. The van der Waals surface area contributed by atoms with Crippen LogP contribution in [0.4, 0.5) is 0 Å². The fourth-order valence-corrected chi connectivity index (χ4v) is 1.25. The molecule has 2 nitrogen and oxygen atoms in total. The second kappa shape index (κ2) is 8.06. The molecule has 4 heteroatoms. The molecule has 0 aromatic heterocycles. The summed E-state index contributed by atoms with van der Waals surface area (Å²) in [6, 6.07) is 8.29. The molecule has 0 aliphatic carbocycles. The van der Waals surface area contributed by atoms with Gasteiger partial charge in [0.2, 0.25) is 0 Å². The van der Waals surface area contributed by atoms with Gasteiger partial charge in [-0.05, 0) is 25.2 Å². The minimum Gasteiger partial charge on any atom is -0.326 e. The number of nitrogens with zero attached hydrogens (tertiary/aromatic N) is 1.